The topological polar surface area (TPSA) is 51.3 Å². The van der Waals surface area contributed by atoms with E-state index in [1.54, 1.807) is 25.4 Å². The van der Waals surface area contributed by atoms with Crippen LogP contribution in [0.2, 0.25) is 0 Å². The molecule has 100 valence electrons. The molecule has 0 aliphatic heterocycles. The first-order chi connectivity index (χ1) is 9.78. The molecule has 0 unspecified atom stereocenters. The molecule has 1 aromatic heterocycles. The van der Waals surface area contributed by atoms with Gasteiger partial charge < -0.3 is 14.5 Å². The molecular weight excluding hydrogens is 254 g/mol. The summed E-state index contributed by atoms with van der Waals surface area (Å²) in [5.74, 6) is 0.830. The Morgan fingerprint density at radius 1 is 1.05 bits per heavy atom. The van der Waals surface area contributed by atoms with Crippen molar-refractivity contribution < 1.29 is 14.3 Å². The fourth-order valence-corrected chi connectivity index (χ4v) is 2.05. The van der Waals surface area contributed by atoms with E-state index >= 15 is 0 Å². The summed E-state index contributed by atoms with van der Waals surface area (Å²) in [7, 11) is 1.59. The van der Waals surface area contributed by atoms with Gasteiger partial charge in [0.2, 0.25) is 0 Å². The number of para-hydroxylation sites is 1. The van der Waals surface area contributed by atoms with Crippen LogP contribution < -0.4 is 9.47 Å². The average molecular weight is 267 g/mol. The third kappa shape index (κ3) is 2.23. The Balaban J connectivity index is 1.95. The van der Waals surface area contributed by atoms with Crippen molar-refractivity contribution in [3.63, 3.8) is 0 Å². The lowest BCUT2D eigenvalue weighted by Crippen LogP contribution is -2.07. The lowest BCUT2D eigenvalue weighted by Gasteiger charge is -2.03. The quantitative estimate of drug-likeness (QED) is 0.584. The Kier molecular flexibility index (Phi) is 3.13. The number of H-pyrrole nitrogens is 1. The normalized spacial score (nSPS) is 10.4. The van der Waals surface area contributed by atoms with Crippen LogP contribution in [0.5, 0.6) is 11.5 Å². The molecule has 3 rings (SSSR count). The van der Waals surface area contributed by atoms with E-state index < -0.39 is 5.97 Å². The van der Waals surface area contributed by atoms with Gasteiger partial charge in [0.05, 0.1) is 12.7 Å². The third-order valence-corrected chi connectivity index (χ3v) is 3.06. The minimum Gasteiger partial charge on any atom is -0.497 e. The molecule has 0 atom stereocenters. The number of ether oxygens (including phenoxy) is 2. The van der Waals surface area contributed by atoms with Crippen LogP contribution in [0.1, 0.15) is 10.4 Å². The monoisotopic (exact) mass is 267 g/mol. The Bertz CT molecular complexity index is 747. The van der Waals surface area contributed by atoms with Crippen LogP contribution in [0, 0.1) is 0 Å². The second-order valence-corrected chi connectivity index (χ2v) is 4.32. The molecule has 1 heterocycles. The number of carbonyl (C=O) groups is 1. The number of benzene rings is 2. The number of carbonyl (C=O) groups excluding carboxylic acids is 1. The molecule has 0 saturated carbocycles. The Morgan fingerprint density at radius 3 is 2.60 bits per heavy atom. The van der Waals surface area contributed by atoms with E-state index in [1.165, 1.54) is 0 Å². The molecule has 0 amide bonds. The molecule has 0 spiro atoms. The maximum Gasteiger partial charge on any atom is 0.345 e. The van der Waals surface area contributed by atoms with Gasteiger partial charge >= 0.3 is 5.97 Å². The lowest BCUT2D eigenvalue weighted by molar-refractivity contribution is 0.0737. The van der Waals surface area contributed by atoms with E-state index in [0.717, 1.165) is 10.9 Å². The van der Waals surface area contributed by atoms with Gasteiger partial charge in [-0.1, -0.05) is 18.2 Å². The van der Waals surface area contributed by atoms with Gasteiger partial charge in [-0.05, 0) is 30.3 Å². The van der Waals surface area contributed by atoms with E-state index in [2.05, 4.69) is 4.98 Å². The molecule has 0 aliphatic rings. The predicted octanol–water partition coefficient (Wildman–Crippen LogP) is 3.40. The van der Waals surface area contributed by atoms with Gasteiger partial charge in [0.1, 0.15) is 11.5 Å². The van der Waals surface area contributed by atoms with Gasteiger partial charge in [0.15, 0.2) is 0 Å². The fourth-order valence-electron chi connectivity index (χ4n) is 2.05. The zero-order chi connectivity index (χ0) is 13.9. The lowest BCUT2D eigenvalue weighted by atomic mass is 10.1. The zero-order valence-electron chi connectivity index (χ0n) is 10.9. The Hall–Kier alpha value is -2.75. The number of fused-ring (bicyclic) bond motifs is 1. The molecule has 0 aliphatic carbocycles. The van der Waals surface area contributed by atoms with Crippen LogP contribution in [0.4, 0.5) is 0 Å². The first-order valence-electron chi connectivity index (χ1n) is 6.20. The molecule has 0 fully saturated rings. The Labute approximate surface area is 115 Å². The van der Waals surface area contributed by atoms with Gasteiger partial charge in [-0.15, -0.1) is 0 Å². The summed E-state index contributed by atoms with van der Waals surface area (Å²) in [6.45, 7) is 0. The first kappa shape index (κ1) is 12.3. The molecule has 0 bridgehead atoms. The number of hydrogen-bond donors (Lipinski definition) is 1. The van der Waals surface area contributed by atoms with Gasteiger partial charge in [0.25, 0.3) is 0 Å². The van der Waals surface area contributed by atoms with Gasteiger partial charge in [-0.25, -0.2) is 4.79 Å². The van der Waals surface area contributed by atoms with Gasteiger partial charge in [-0.3, -0.25) is 0 Å². The van der Waals surface area contributed by atoms with Crippen molar-refractivity contribution in [1.29, 1.82) is 0 Å². The molecule has 1 N–H and O–H groups in total. The standard InChI is InChI=1S/C16H13NO3/c1-19-12-7-8-15-13(9-12)14(10-17-15)16(18)20-11-5-3-2-4-6-11/h2-10,17H,1H3. The highest BCUT2D eigenvalue weighted by molar-refractivity contribution is 6.05. The highest BCUT2D eigenvalue weighted by atomic mass is 16.5. The van der Waals surface area contributed by atoms with Gasteiger partial charge in [0, 0.05) is 17.1 Å². The van der Waals surface area contributed by atoms with E-state index in [4.69, 9.17) is 9.47 Å². The van der Waals surface area contributed by atoms with Gasteiger partial charge in [-0.2, -0.15) is 0 Å². The summed E-state index contributed by atoms with van der Waals surface area (Å²) >= 11 is 0. The van der Waals surface area contributed by atoms with Crippen molar-refractivity contribution in [2.45, 2.75) is 0 Å². The van der Waals surface area contributed by atoms with Crippen molar-refractivity contribution in [1.82, 2.24) is 4.98 Å². The van der Waals surface area contributed by atoms with Crippen LogP contribution in [0.25, 0.3) is 10.9 Å². The summed E-state index contributed by atoms with van der Waals surface area (Å²) in [6.07, 6.45) is 1.65. The van der Waals surface area contributed by atoms with E-state index in [-0.39, 0.29) is 0 Å². The third-order valence-electron chi connectivity index (χ3n) is 3.06. The highest BCUT2D eigenvalue weighted by Gasteiger charge is 2.14. The van der Waals surface area contributed by atoms with Crippen molar-refractivity contribution >= 4 is 16.9 Å². The maximum absolute atomic E-state index is 12.2. The van der Waals surface area contributed by atoms with E-state index in [0.29, 0.717) is 17.1 Å². The molecule has 0 radical (unpaired) electrons. The highest BCUT2D eigenvalue weighted by Crippen LogP contribution is 2.24. The first-order valence-corrected chi connectivity index (χ1v) is 6.20. The van der Waals surface area contributed by atoms with Crippen LogP contribution in [0.15, 0.2) is 54.7 Å². The second kappa shape index (κ2) is 5.09. The maximum atomic E-state index is 12.2. The number of aromatic amines is 1. The summed E-state index contributed by atoms with van der Waals surface area (Å²) in [5.41, 5.74) is 1.36. The smallest absolute Gasteiger partial charge is 0.345 e. The average Bonchev–Trinajstić information content (AvgIpc) is 2.91. The minimum absolute atomic E-state index is 0.393. The number of esters is 1. The van der Waals surface area contributed by atoms with Crippen molar-refractivity contribution in [2.24, 2.45) is 0 Å². The van der Waals surface area contributed by atoms with Crippen molar-refractivity contribution in [3.8, 4) is 11.5 Å². The largest absolute Gasteiger partial charge is 0.497 e. The molecule has 2 aromatic carbocycles. The second-order valence-electron chi connectivity index (χ2n) is 4.32. The van der Waals surface area contributed by atoms with Crippen LogP contribution in [0.3, 0.4) is 0 Å². The summed E-state index contributed by atoms with van der Waals surface area (Å²) in [6, 6.07) is 14.5. The van der Waals surface area contributed by atoms with Crippen LogP contribution in [-0.2, 0) is 0 Å². The van der Waals surface area contributed by atoms with Crippen LogP contribution in [-0.4, -0.2) is 18.1 Å². The molecular formula is C16H13NO3. The molecule has 3 aromatic rings. The summed E-state index contributed by atoms with van der Waals surface area (Å²) in [5, 5.41) is 0.783. The van der Waals surface area contributed by atoms with E-state index in [1.807, 2.05) is 36.4 Å². The van der Waals surface area contributed by atoms with Crippen molar-refractivity contribution in [3.05, 3.63) is 60.3 Å². The summed E-state index contributed by atoms with van der Waals surface area (Å²) < 4.78 is 10.5. The molecule has 4 heteroatoms. The summed E-state index contributed by atoms with van der Waals surface area (Å²) in [4.78, 5) is 15.3. The minimum atomic E-state index is -0.393. The van der Waals surface area contributed by atoms with E-state index in [9.17, 15) is 4.79 Å². The van der Waals surface area contributed by atoms with Crippen LogP contribution >= 0.6 is 0 Å². The number of nitrogens with one attached hydrogen (secondary N) is 1. The fraction of sp³-hybridized carbons (Fsp3) is 0.0625. The number of hydrogen-bond acceptors (Lipinski definition) is 3. The SMILES string of the molecule is COc1ccc2[nH]cc(C(=O)Oc3ccccc3)c2c1. The number of rotatable bonds is 3. The van der Waals surface area contributed by atoms with Crippen molar-refractivity contribution in [2.75, 3.05) is 7.11 Å². The molecule has 20 heavy (non-hydrogen) atoms. The Morgan fingerprint density at radius 2 is 1.85 bits per heavy atom. The zero-order valence-corrected chi connectivity index (χ0v) is 10.9. The number of aromatic nitrogens is 1. The molecule has 0 saturated heterocycles. The predicted molar refractivity (Wildman–Crippen MR) is 76.3 cm³/mol. The molecule has 4 nitrogen and oxygen atoms in total. The number of methoxy groups -OCH3 is 1.